The van der Waals surface area contributed by atoms with Crippen LogP contribution in [0.3, 0.4) is 0 Å². The van der Waals surface area contributed by atoms with Gasteiger partial charge in [0.15, 0.2) is 0 Å². The molecule has 1 N–H and O–H groups in total. The number of rotatable bonds is 6. The molecule has 1 saturated heterocycles. The Balaban J connectivity index is 1.54. The van der Waals surface area contributed by atoms with E-state index in [1.54, 1.807) is 18.5 Å². The van der Waals surface area contributed by atoms with Gasteiger partial charge in [-0.2, -0.15) is 0 Å². The smallest absolute Gasteiger partial charge is 0.243 e. The first kappa shape index (κ1) is 17.2. The zero-order valence-corrected chi connectivity index (χ0v) is 14.7. The highest BCUT2D eigenvalue weighted by molar-refractivity contribution is 5.85. The molecular formula is C19H24N4O2. The maximum atomic E-state index is 12.6. The number of anilines is 1. The van der Waals surface area contributed by atoms with Crippen LogP contribution in [-0.2, 0) is 4.79 Å². The van der Waals surface area contributed by atoms with Crippen LogP contribution in [-0.4, -0.2) is 41.1 Å². The zero-order valence-electron chi connectivity index (χ0n) is 14.7. The van der Waals surface area contributed by atoms with Crippen molar-refractivity contribution in [2.45, 2.75) is 38.8 Å². The van der Waals surface area contributed by atoms with E-state index >= 15 is 0 Å². The standard InChI is InChI=1S/C19H24N4O2/c1-14-6-3-7-16(12-14)25-13-15(2)22-18(24)17-8-4-11-23(17)19-20-9-5-10-21-19/h3,5-7,9-10,12,15,17H,4,8,11,13H2,1-2H3,(H,22,24)/t15-,17+/m0/s1. The van der Waals surface area contributed by atoms with Crippen molar-refractivity contribution in [2.75, 3.05) is 18.1 Å². The minimum absolute atomic E-state index is 0.00490. The van der Waals surface area contributed by atoms with E-state index in [0.717, 1.165) is 30.7 Å². The number of hydrogen-bond acceptors (Lipinski definition) is 5. The van der Waals surface area contributed by atoms with Gasteiger partial charge in [-0.25, -0.2) is 9.97 Å². The molecule has 0 radical (unpaired) electrons. The molecule has 1 aliphatic rings. The summed E-state index contributed by atoms with van der Waals surface area (Å²) in [7, 11) is 0. The fraction of sp³-hybridized carbons (Fsp3) is 0.421. The molecule has 0 bridgehead atoms. The van der Waals surface area contributed by atoms with Crippen molar-refractivity contribution in [3.8, 4) is 5.75 Å². The zero-order chi connectivity index (χ0) is 17.6. The topological polar surface area (TPSA) is 67.3 Å². The molecule has 1 fully saturated rings. The van der Waals surface area contributed by atoms with Crippen LogP contribution in [0.15, 0.2) is 42.7 Å². The third-order valence-corrected chi connectivity index (χ3v) is 4.24. The first-order valence-electron chi connectivity index (χ1n) is 8.67. The summed E-state index contributed by atoms with van der Waals surface area (Å²) in [6.07, 6.45) is 5.18. The number of benzene rings is 1. The molecule has 1 aromatic heterocycles. The third-order valence-electron chi connectivity index (χ3n) is 4.24. The molecule has 2 heterocycles. The van der Waals surface area contributed by atoms with Crippen LogP contribution in [0.4, 0.5) is 5.95 Å². The summed E-state index contributed by atoms with van der Waals surface area (Å²) in [5.74, 6) is 1.44. The molecule has 0 unspecified atom stereocenters. The summed E-state index contributed by atoms with van der Waals surface area (Å²) in [5, 5.41) is 3.05. The Morgan fingerprint density at radius 1 is 1.36 bits per heavy atom. The largest absolute Gasteiger partial charge is 0.491 e. The Hall–Kier alpha value is -2.63. The maximum absolute atomic E-state index is 12.6. The van der Waals surface area contributed by atoms with Gasteiger partial charge >= 0.3 is 0 Å². The number of nitrogens with one attached hydrogen (secondary N) is 1. The van der Waals surface area contributed by atoms with Gasteiger partial charge in [-0.05, 0) is 50.5 Å². The first-order valence-corrected chi connectivity index (χ1v) is 8.67. The van der Waals surface area contributed by atoms with Crippen LogP contribution in [0.25, 0.3) is 0 Å². The first-order chi connectivity index (χ1) is 12.1. The second-order valence-corrected chi connectivity index (χ2v) is 6.44. The Morgan fingerprint density at radius 3 is 2.92 bits per heavy atom. The van der Waals surface area contributed by atoms with Crippen molar-refractivity contribution in [1.29, 1.82) is 0 Å². The molecule has 132 valence electrons. The van der Waals surface area contributed by atoms with Gasteiger partial charge in [0.1, 0.15) is 18.4 Å². The Kier molecular flexibility index (Phi) is 5.48. The second kappa shape index (κ2) is 7.96. The summed E-state index contributed by atoms with van der Waals surface area (Å²) in [6, 6.07) is 9.38. The Bertz CT molecular complexity index is 708. The summed E-state index contributed by atoms with van der Waals surface area (Å²) in [5.41, 5.74) is 1.15. The molecule has 1 aliphatic heterocycles. The van der Waals surface area contributed by atoms with E-state index < -0.39 is 0 Å². The molecule has 3 rings (SSSR count). The Labute approximate surface area is 148 Å². The van der Waals surface area contributed by atoms with Crippen molar-refractivity contribution in [3.05, 3.63) is 48.3 Å². The lowest BCUT2D eigenvalue weighted by Crippen LogP contribution is -2.48. The van der Waals surface area contributed by atoms with Crippen LogP contribution in [0.1, 0.15) is 25.3 Å². The van der Waals surface area contributed by atoms with Crippen molar-refractivity contribution >= 4 is 11.9 Å². The molecule has 6 heteroatoms. The minimum Gasteiger partial charge on any atom is -0.491 e. The Morgan fingerprint density at radius 2 is 2.16 bits per heavy atom. The van der Waals surface area contributed by atoms with Gasteiger partial charge in [0.2, 0.25) is 11.9 Å². The predicted octanol–water partition coefficient (Wildman–Crippen LogP) is 2.34. The number of ether oxygens (including phenoxy) is 1. The van der Waals surface area contributed by atoms with Crippen LogP contribution in [0, 0.1) is 6.92 Å². The lowest BCUT2D eigenvalue weighted by Gasteiger charge is -2.25. The van der Waals surface area contributed by atoms with Crippen LogP contribution in [0.5, 0.6) is 5.75 Å². The van der Waals surface area contributed by atoms with Crippen LogP contribution >= 0.6 is 0 Å². The van der Waals surface area contributed by atoms with Crippen LogP contribution in [0.2, 0.25) is 0 Å². The van der Waals surface area contributed by atoms with Crippen molar-refractivity contribution in [3.63, 3.8) is 0 Å². The molecule has 25 heavy (non-hydrogen) atoms. The van der Waals surface area contributed by atoms with Crippen molar-refractivity contribution in [1.82, 2.24) is 15.3 Å². The van der Waals surface area contributed by atoms with Gasteiger partial charge in [0.25, 0.3) is 0 Å². The summed E-state index contributed by atoms with van der Waals surface area (Å²) in [6.45, 7) is 5.21. The summed E-state index contributed by atoms with van der Waals surface area (Å²) >= 11 is 0. The van der Waals surface area contributed by atoms with Crippen molar-refractivity contribution < 1.29 is 9.53 Å². The van der Waals surface area contributed by atoms with Gasteiger partial charge < -0.3 is 15.0 Å². The highest BCUT2D eigenvalue weighted by Gasteiger charge is 2.32. The molecule has 1 aromatic carbocycles. The predicted molar refractivity (Wildman–Crippen MR) is 96.7 cm³/mol. The average molecular weight is 340 g/mol. The number of aromatic nitrogens is 2. The fourth-order valence-electron chi connectivity index (χ4n) is 3.03. The normalized spacial score (nSPS) is 18.0. The lowest BCUT2D eigenvalue weighted by molar-refractivity contribution is -0.123. The second-order valence-electron chi connectivity index (χ2n) is 6.44. The van der Waals surface area contributed by atoms with E-state index in [1.807, 2.05) is 43.0 Å². The van der Waals surface area contributed by atoms with Gasteiger partial charge in [-0.15, -0.1) is 0 Å². The minimum atomic E-state index is -0.219. The molecule has 1 amide bonds. The van der Waals surface area contributed by atoms with Gasteiger partial charge in [-0.1, -0.05) is 12.1 Å². The fourth-order valence-corrected chi connectivity index (χ4v) is 3.03. The van der Waals surface area contributed by atoms with E-state index in [2.05, 4.69) is 15.3 Å². The number of aryl methyl sites for hydroxylation is 1. The van der Waals surface area contributed by atoms with Crippen LogP contribution < -0.4 is 15.0 Å². The SMILES string of the molecule is Cc1cccc(OC[C@H](C)NC(=O)[C@H]2CCCN2c2ncccn2)c1. The number of hydrogen-bond donors (Lipinski definition) is 1. The summed E-state index contributed by atoms with van der Waals surface area (Å²) < 4.78 is 5.77. The number of carbonyl (C=O) groups excluding carboxylic acids is 1. The van der Waals surface area contributed by atoms with Gasteiger partial charge in [0.05, 0.1) is 6.04 Å². The number of carbonyl (C=O) groups is 1. The van der Waals surface area contributed by atoms with E-state index in [0.29, 0.717) is 12.6 Å². The molecule has 0 saturated carbocycles. The third kappa shape index (κ3) is 4.47. The molecule has 2 aromatic rings. The van der Waals surface area contributed by atoms with E-state index in [9.17, 15) is 4.79 Å². The highest BCUT2D eigenvalue weighted by Crippen LogP contribution is 2.22. The van der Waals surface area contributed by atoms with Gasteiger partial charge in [0, 0.05) is 18.9 Å². The van der Waals surface area contributed by atoms with Crippen molar-refractivity contribution in [2.24, 2.45) is 0 Å². The molecule has 6 nitrogen and oxygen atoms in total. The number of nitrogens with zero attached hydrogens (tertiary/aromatic N) is 3. The number of amides is 1. The van der Waals surface area contributed by atoms with Gasteiger partial charge in [-0.3, -0.25) is 4.79 Å². The van der Waals surface area contributed by atoms with E-state index in [1.165, 1.54) is 0 Å². The molecule has 0 aliphatic carbocycles. The quantitative estimate of drug-likeness (QED) is 0.874. The molecule has 0 spiro atoms. The maximum Gasteiger partial charge on any atom is 0.243 e. The van der Waals surface area contributed by atoms with E-state index in [-0.39, 0.29) is 18.0 Å². The highest BCUT2D eigenvalue weighted by atomic mass is 16.5. The van der Waals surface area contributed by atoms with E-state index in [4.69, 9.17) is 4.74 Å². The summed E-state index contributed by atoms with van der Waals surface area (Å²) in [4.78, 5) is 23.2. The molecular weight excluding hydrogens is 316 g/mol. The molecule has 2 atom stereocenters. The average Bonchev–Trinajstić information content (AvgIpc) is 3.11. The lowest BCUT2D eigenvalue weighted by atomic mass is 10.2. The monoisotopic (exact) mass is 340 g/mol.